The van der Waals surface area contributed by atoms with E-state index in [0.29, 0.717) is 0 Å². The topological polar surface area (TPSA) is 52.7 Å². The first kappa shape index (κ1) is 7.08. The summed E-state index contributed by atoms with van der Waals surface area (Å²) in [7, 11) is 1.93. The van der Waals surface area contributed by atoms with E-state index in [0.717, 1.165) is 18.9 Å². The minimum Gasteiger partial charge on any atom is -0.369 e. The molecule has 10 heavy (non-hydrogen) atoms. The highest BCUT2D eigenvalue weighted by atomic mass is 15.2. The van der Waals surface area contributed by atoms with Crippen molar-refractivity contribution in [2.24, 2.45) is 0 Å². The largest absolute Gasteiger partial charge is 0.369 e. The van der Waals surface area contributed by atoms with Crippen molar-refractivity contribution in [2.75, 3.05) is 25.5 Å². The zero-order chi connectivity index (χ0) is 7.23. The maximum absolute atomic E-state index is 3.79. The van der Waals surface area contributed by atoms with Crippen LogP contribution in [-0.2, 0) is 0 Å². The van der Waals surface area contributed by atoms with E-state index in [1.54, 1.807) is 6.20 Å². The smallest absolute Gasteiger partial charge is 0.121 e. The van der Waals surface area contributed by atoms with E-state index < -0.39 is 0 Å². The normalized spacial score (nSPS) is 9.70. The molecule has 1 heterocycles. The van der Waals surface area contributed by atoms with Gasteiger partial charge in [-0.3, -0.25) is 5.10 Å². The van der Waals surface area contributed by atoms with E-state index >= 15 is 0 Å². The Labute approximate surface area is 60.0 Å². The van der Waals surface area contributed by atoms with E-state index in [4.69, 9.17) is 0 Å². The van der Waals surface area contributed by atoms with Gasteiger partial charge < -0.3 is 10.6 Å². The van der Waals surface area contributed by atoms with E-state index in [1.807, 2.05) is 13.1 Å². The zero-order valence-corrected chi connectivity index (χ0v) is 6.02. The van der Waals surface area contributed by atoms with E-state index in [-0.39, 0.29) is 0 Å². The number of hydrogen-bond donors (Lipinski definition) is 3. The zero-order valence-electron chi connectivity index (χ0n) is 6.02. The molecule has 1 aromatic heterocycles. The summed E-state index contributed by atoms with van der Waals surface area (Å²) in [6.45, 7) is 1.87. The minimum absolute atomic E-state index is 0.915. The van der Waals surface area contributed by atoms with Crippen LogP contribution >= 0.6 is 0 Å². The fourth-order valence-electron chi connectivity index (χ4n) is 0.677. The number of aromatic amines is 1. The Balaban J connectivity index is 2.15. The highest BCUT2D eigenvalue weighted by Crippen LogP contribution is 1.95. The predicted octanol–water partition coefficient (Wildman–Crippen LogP) is 0.0410. The summed E-state index contributed by atoms with van der Waals surface area (Å²) in [5, 5.41) is 12.8. The summed E-state index contributed by atoms with van der Waals surface area (Å²) in [5.41, 5.74) is 0. The van der Waals surface area contributed by atoms with Gasteiger partial charge in [-0.2, -0.15) is 5.10 Å². The van der Waals surface area contributed by atoms with Gasteiger partial charge in [-0.15, -0.1) is 0 Å². The summed E-state index contributed by atoms with van der Waals surface area (Å²) < 4.78 is 0. The molecule has 0 fully saturated rings. The van der Waals surface area contributed by atoms with Crippen LogP contribution in [0.1, 0.15) is 0 Å². The molecule has 0 aromatic carbocycles. The maximum Gasteiger partial charge on any atom is 0.121 e. The molecule has 1 aromatic rings. The van der Waals surface area contributed by atoms with Crippen LogP contribution in [0, 0.1) is 0 Å². The van der Waals surface area contributed by atoms with Gasteiger partial charge in [-0.05, 0) is 13.1 Å². The molecule has 0 spiro atoms. The molecule has 0 atom stereocenters. The molecule has 0 saturated heterocycles. The van der Waals surface area contributed by atoms with Crippen LogP contribution in [0.2, 0.25) is 0 Å². The average molecular weight is 140 g/mol. The maximum atomic E-state index is 3.79. The van der Waals surface area contributed by atoms with Gasteiger partial charge in [-0.25, -0.2) is 0 Å². The first-order chi connectivity index (χ1) is 4.93. The molecule has 0 aliphatic rings. The Kier molecular flexibility index (Phi) is 2.76. The van der Waals surface area contributed by atoms with Crippen molar-refractivity contribution in [1.29, 1.82) is 0 Å². The van der Waals surface area contributed by atoms with Gasteiger partial charge in [0.15, 0.2) is 0 Å². The fraction of sp³-hybridized carbons (Fsp3) is 0.500. The van der Waals surface area contributed by atoms with E-state index in [1.165, 1.54) is 0 Å². The number of nitrogens with one attached hydrogen (secondary N) is 3. The average Bonchev–Trinajstić information content (AvgIpc) is 2.41. The number of aromatic nitrogens is 2. The molecule has 0 unspecified atom stereocenters. The second kappa shape index (κ2) is 3.90. The number of nitrogens with zero attached hydrogens (tertiary/aromatic N) is 1. The second-order valence-corrected chi connectivity index (χ2v) is 2.00. The van der Waals surface area contributed by atoms with Gasteiger partial charge in [0.2, 0.25) is 0 Å². The predicted molar refractivity (Wildman–Crippen MR) is 41.0 cm³/mol. The van der Waals surface area contributed by atoms with Crippen molar-refractivity contribution >= 4 is 5.82 Å². The third-order valence-electron chi connectivity index (χ3n) is 1.19. The van der Waals surface area contributed by atoms with E-state index in [2.05, 4.69) is 20.8 Å². The molecular weight excluding hydrogens is 128 g/mol. The third kappa shape index (κ3) is 2.06. The van der Waals surface area contributed by atoms with Gasteiger partial charge in [0, 0.05) is 13.1 Å². The van der Waals surface area contributed by atoms with Gasteiger partial charge in [-0.1, -0.05) is 0 Å². The van der Waals surface area contributed by atoms with Crippen LogP contribution in [-0.4, -0.2) is 30.3 Å². The quantitative estimate of drug-likeness (QED) is 0.518. The summed E-state index contributed by atoms with van der Waals surface area (Å²) in [6, 6.07) is 1.90. The Bertz CT molecular complexity index is 158. The Morgan fingerprint density at radius 1 is 1.60 bits per heavy atom. The summed E-state index contributed by atoms with van der Waals surface area (Å²) in [6.07, 6.45) is 1.72. The lowest BCUT2D eigenvalue weighted by atomic mass is 10.5. The van der Waals surface area contributed by atoms with Crippen LogP contribution in [0.4, 0.5) is 5.82 Å². The monoisotopic (exact) mass is 140 g/mol. The Morgan fingerprint density at radius 2 is 2.50 bits per heavy atom. The van der Waals surface area contributed by atoms with Crippen LogP contribution in [0.5, 0.6) is 0 Å². The first-order valence-electron chi connectivity index (χ1n) is 3.31. The van der Waals surface area contributed by atoms with Crippen molar-refractivity contribution < 1.29 is 0 Å². The third-order valence-corrected chi connectivity index (χ3v) is 1.19. The number of hydrogen-bond acceptors (Lipinski definition) is 3. The Hall–Kier alpha value is -1.03. The van der Waals surface area contributed by atoms with Gasteiger partial charge >= 0.3 is 0 Å². The lowest BCUT2D eigenvalue weighted by molar-refractivity contribution is 0.820. The molecule has 0 aliphatic carbocycles. The molecule has 0 saturated carbocycles. The van der Waals surface area contributed by atoms with Crippen LogP contribution in [0.3, 0.4) is 0 Å². The van der Waals surface area contributed by atoms with Gasteiger partial charge in [0.25, 0.3) is 0 Å². The number of H-pyrrole nitrogens is 1. The molecule has 1 rings (SSSR count). The number of rotatable bonds is 4. The molecule has 56 valence electrons. The van der Waals surface area contributed by atoms with Crippen LogP contribution in [0.25, 0.3) is 0 Å². The van der Waals surface area contributed by atoms with Crippen molar-refractivity contribution in [3.8, 4) is 0 Å². The minimum atomic E-state index is 0.915. The van der Waals surface area contributed by atoms with Crippen molar-refractivity contribution in [3.05, 3.63) is 12.3 Å². The van der Waals surface area contributed by atoms with Crippen molar-refractivity contribution in [2.45, 2.75) is 0 Å². The molecule has 0 aliphatic heterocycles. The lowest BCUT2D eigenvalue weighted by Gasteiger charge is -2.00. The standard InChI is InChI=1S/C6H12N4/c1-7-4-5-8-6-2-3-9-10-6/h2-3,7H,4-5H2,1H3,(H2,8,9,10). The highest BCUT2D eigenvalue weighted by molar-refractivity contribution is 5.31. The molecule has 0 radical (unpaired) electrons. The number of likely N-dealkylation sites (N-methyl/N-ethyl adjacent to an activating group) is 1. The van der Waals surface area contributed by atoms with Crippen LogP contribution < -0.4 is 10.6 Å². The first-order valence-corrected chi connectivity index (χ1v) is 3.31. The second-order valence-electron chi connectivity index (χ2n) is 2.00. The van der Waals surface area contributed by atoms with Crippen LogP contribution in [0.15, 0.2) is 12.3 Å². The Morgan fingerprint density at radius 3 is 3.10 bits per heavy atom. The van der Waals surface area contributed by atoms with E-state index in [9.17, 15) is 0 Å². The van der Waals surface area contributed by atoms with Gasteiger partial charge in [0.1, 0.15) is 5.82 Å². The summed E-state index contributed by atoms with van der Waals surface area (Å²) in [4.78, 5) is 0. The number of anilines is 1. The highest BCUT2D eigenvalue weighted by Gasteiger charge is 1.87. The SMILES string of the molecule is CNCCNc1ccn[nH]1. The lowest BCUT2D eigenvalue weighted by Crippen LogP contribution is -2.17. The van der Waals surface area contributed by atoms with Gasteiger partial charge in [0.05, 0.1) is 6.20 Å². The fourth-order valence-corrected chi connectivity index (χ4v) is 0.677. The summed E-state index contributed by atoms with van der Waals surface area (Å²) in [5.74, 6) is 0.968. The summed E-state index contributed by atoms with van der Waals surface area (Å²) >= 11 is 0. The molecule has 0 bridgehead atoms. The molecule has 4 heteroatoms. The van der Waals surface area contributed by atoms with Crippen molar-refractivity contribution in [1.82, 2.24) is 15.5 Å². The molecular formula is C6H12N4. The molecule has 0 amide bonds. The molecule has 3 N–H and O–H groups in total. The van der Waals surface area contributed by atoms with Crippen molar-refractivity contribution in [3.63, 3.8) is 0 Å². The molecule has 4 nitrogen and oxygen atoms in total.